The van der Waals surface area contributed by atoms with Crippen molar-refractivity contribution in [2.45, 2.75) is 51.4 Å². The van der Waals surface area contributed by atoms with Gasteiger partial charge in [-0.25, -0.2) is 4.79 Å². The van der Waals surface area contributed by atoms with Crippen molar-refractivity contribution in [3.05, 3.63) is 69.6 Å². The maximum atomic E-state index is 12.4. The summed E-state index contributed by atoms with van der Waals surface area (Å²) in [6, 6.07) is 14.4. The van der Waals surface area contributed by atoms with E-state index in [1.807, 2.05) is 18.2 Å². The number of halogens is 1. The lowest BCUT2D eigenvalue weighted by molar-refractivity contribution is 0.170. The zero-order valence-corrected chi connectivity index (χ0v) is 21.4. The molecule has 0 spiro atoms. The Morgan fingerprint density at radius 2 is 1.80 bits per heavy atom. The maximum absolute atomic E-state index is 12.4. The van der Waals surface area contributed by atoms with Gasteiger partial charge in [-0.15, -0.1) is 12.4 Å². The predicted octanol–water partition coefficient (Wildman–Crippen LogP) is 5.83. The summed E-state index contributed by atoms with van der Waals surface area (Å²) in [7, 11) is 1.73. The number of likely N-dealkylation sites (tertiary alicyclic amines) is 1. The number of fused-ring (bicyclic) bond motifs is 3. The van der Waals surface area contributed by atoms with E-state index in [2.05, 4.69) is 29.2 Å². The smallest absolute Gasteiger partial charge is 0.339 e. The van der Waals surface area contributed by atoms with E-state index in [0.717, 1.165) is 86.5 Å². The predicted molar refractivity (Wildman–Crippen MR) is 142 cm³/mol. The van der Waals surface area contributed by atoms with Gasteiger partial charge in [0.05, 0.1) is 13.7 Å². The van der Waals surface area contributed by atoms with Crippen molar-refractivity contribution < 1.29 is 13.9 Å². The Balaban J connectivity index is 0.00000289. The van der Waals surface area contributed by atoms with Crippen LogP contribution >= 0.6 is 12.4 Å². The monoisotopic (exact) mass is 497 g/mol. The number of nitrogens with zero attached hydrogens (tertiary/aromatic N) is 1. The van der Waals surface area contributed by atoms with Gasteiger partial charge >= 0.3 is 5.63 Å². The van der Waals surface area contributed by atoms with E-state index in [1.54, 1.807) is 7.11 Å². The number of ether oxygens (including phenoxy) is 2. The first-order chi connectivity index (χ1) is 16.7. The minimum absolute atomic E-state index is 0. The summed E-state index contributed by atoms with van der Waals surface area (Å²) >= 11 is 0. The molecule has 0 N–H and O–H groups in total. The van der Waals surface area contributed by atoms with Gasteiger partial charge in [0.25, 0.3) is 0 Å². The lowest BCUT2D eigenvalue weighted by Gasteiger charge is -2.32. The van der Waals surface area contributed by atoms with E-state index in [1.165, 1.54) is 24.0 Å². The number of hydrogen-bond donors (Lipinski definition) is 0. The third-order valence-electron chi connectivity index (χ3n) is 7.45. The molecule has 2 heterocycles. The summed E-state index contributed by atoms with van der Waals surface area (Å²) in [6.45, 7) is 4.04. The van der Waals surface area contributed by atoms with Crippen LogP contribution in [0.5, 0.6) is 11.5 Å². The summed E-state index contributed by atoms with van der Waals surface area (Å²) < 4.78 is 17.0. The first kappa shape index (κ1) is 25.6. The average molecular weight is 498 g/mol. The Hall–Kier alpha value is -2.50. The van der Waals surface area contributed by atoms with Crippen LogP contribution in [0.1, 0.15) is 48.8 Å². The highest BCUT2D eigenvalue weighted by Crippen LogP contribution is 2.29. The summed E-state index contributed by atoms with van der Waals surface area (Å²) in [5.41, 5.74) is 3.91. The second kappa shape index (κ2) is 12.0. The quantitative estimate of drug-likeness (QED) is 0.289. The third kappa shape index (κ3) is 6.20. The molecule has 5 rings (SSSR count). The fourth-order valence-electron chi connectivity index (χ4n) is 5.54. The average Bonchev–Trinajstić information content (AvgIpc) is 2.88. The molecule has 1 saturated heterocycles. The van der Waals surface area contributed by atoms with Crippen LogP contribution in [0.15, 0.2) is 51.7 Å². The van der Waals surface area contributed by atoms with Crippen LogP contribution < -0.4 is 15.1 Å². The molecule has 0 radical (unpaired) electrons. The van der Waals surface area contributed by atoms with E-state index in [-0.39, 0.29) is 18.0 Å². The van der Waals surface area contributed by atoms with Gasteiger partial charge in [0, 0.05) is 23.6 Å². The van der Waals surface area contributed by atoms with Crippen LogP contribution in [0.25, 0.3) is 11.0 Å². The van der Waals surface area contributed by atoms with E-state index < -0.39 is 0 Å². The van der Waals surface area contributed by atoms with Gasteiger partial charge in [-0.2, -0.15) is 0 Å². The number of benzene rings is 2. The lowest BCUT2D eigenvalue weighted by atomic mass is 9.90. The SMILES string of the molecule is COc1cccc(CC2CCN(CCCOc3ccc4c5c(c(=O)oc4c3)CCCC5)CC2)c1.Cl. The van der Waals surface area contributed by atoms with Crippen LogP contribution in [0.3, 0.4) is 0 Å². The van der Waals surface area contributed by atoms with E-state index in [4.69, 9.17) is 13.9 Å². The highest BCUT2D eigenvalue weighted by atomic mass is 35.5. The lowest BCUT2D eigenvalue weighted by Crippen LogP contribution is -2.35. The van der Waals surface area contributed by atoms with Gasteiger partial charge in [0.15, 0.2) is 0 Å². The molecule has 188 valence electrons. The van der Waals surface area contributed by atoms with Crippen LogP contribution in [0, 0.1) is 5.92 Å². The fraction of sp³-hybridized carbons (Fsp3) is 0.483. The first-order valence-corrected chi connectivity index (χ1v) is 12.8. The molecule has 1 aliphatic heterocycles. The van der Waals surface area contributed by atoms with Crippen molar-refractivity contribution in [3.8, 4) is 11.5 Å². The third-order valence-corrected chi connectivity index (χ3v) is 7.45. The van der Waals surface area contributed by atoms with Gasteiger partial charge in [-0.3, -0.25) is 0 Å². The Bertz CT molecular complexity index is 1180. The number of piperidine rings is 1. The van der Waals surface area contributed by atoms with Gasteiger partial charge in [0.2, 0.25) is 0 Å². The second-order valence-corrected chi connectivity index (χ2v) is 9.75. The summed E-state index contributed by atoms with van der Waals surface area (Å²) in [5, 5.41) is 1.07. The van der Waals surface area contributed by atoms with Crippen LogP contribution in [0.4, 0.5) is 0 Å². The highest BCUT2D eigenvalue weighted by Gasteiger charge is 2.20. The van der Waals surface area contributed by atoms with Gasteiger partial charge in [0.1, 0.15) is 17.1 Å². The Kier molecular flexibility index (Phi) is 8.74. The van der Waals surface area contributed by atoms with E-state index in [9.17, 15) is 4.79 Å². The molecule has 0 unspecified atom stereocenters. The van der Waals surface area contributed by atoms with E-state index in [0.29, 0.717) is 12.2 Å². The normalized spacial score (nSPS) is 16.5. The van der Waals surface area contributed by atoms with Gasteiger partial charge < -0.3 is 18.8 Å². The van der Waals surface area contributed by atoms with Crippen molar-refractivity contribution in [2.24, 2.45) is 5.92 Å². The molecule has 5 nitrogen and oxygen atoms in total. The van der Waals surface area contributed by atoms with Crippen molar-refractivity contribution >= 4 is 23.4 Å². The van der Waals surface area contributed by atoms with E-state index >= 15 is 0 Å². The topological polar surface area (TPSA) is 51.9 Å². The summed E-state index contributed by atoms with van der Waals surface area (Å²) in [4.78, 5) is 14.9. The Morgan fingerprint density at radius 1 is 1.00 bits per heavy atom. The van der Waals surface area contributed by atoms with Gasteiger partial charge in [-0.1, -0.05) is 12.1 Å². The van der Waals surface area contributed by atoms with Crippen LogP contribution in [-0.2, 0) is 19.3 Å². The standard InChI is InChI=1S/C29H35NO4.ClH/c1-32-23-7-4-6-22(19-23)18-21-12-15-30(16-13-21)14-5-17-33-24-10-11-26-25-8-2-3-9-27(25)29(31)34-28(26)20-24;/h4,6-7,10-11,19-21H,2-3,5,8-9,12-18H2,1H3;1H. The van der Waals surface area contributed by atoms with Crippen LogP contribution in [0.2, 0.25) is 0 Å². The van der Waals surface area contributed by atoms with Gasteiger partial charge in [-0.05, 0) is 106 Å². The molecule has 0 saturated carbocycles. The Labute approximate surface area is 213 Å². The molecule has 1 aliphatic carbocycles. The molecule has 1 aromatic heterocycles. The molecule has 0 bridgehead atoms. The minimum atomic E-state index is -0.172. The largest absolute Gasteiger partial charge is 0.497 e. The first-order valence-electron chi connectivity index (χ1n) is 12.8. The van der Waals surface area contributed by atoms with Crippen molar-refractivity contribution in [1.29, 1.82) is 0 Å². The zero-order chi connectivity index (χ0) is 23.3. The molecule has 35 heavy (non-hydrogen) atoms. The molecule has 0 atom stereocenters. The molecule has 2 aliphatic rings. The number of rotatable bonds is 8. The van der Waals surface area contributed by atoms with Crippen LogP contribution in [-0.4, -0.2) is 38.3 Å². The van der Waals surface area contributed by atoms with Crippen molar-refractivity contribution in [2.75, 3.05) is 33.4 Å². The number of methoxy groups -OCH3 is 1. The van der Waals surface area contributed by atoms with Crippen molar-refractivity contribution in [3.63, 3.8) is 0 Å². The Morgan fingerprint density at radius 3 is 2.60 bits per heavy atom. The summed E-state index contributed by atoms with van der Waals surface area (Å²) in [5.74, 6) is 2.48. The molecule has 3 aromatic rings. The zero-order valence-electron chi connectivity index (χ0n) is 20.6. The molecular formula is C29H36ClNO4. The second-order valence-electron chi connectivity index (χ2n) is 9.75. The minimum Gasteiger partial charge on any atom is -0.497 e. The molecule has 0 amide bonds. The number of hydrogen-bond acceptors (Lipinski definition) is 5. The highest BCUT2D eigenvalue weighted by molar-refractivity contribution is 5.85. The maximum Gasteiger partial charge on any atom is 0.339 e. The number of aryl methyl sites for hydroxylation is 1. The fourth-order valence-corrected chi connectivity index (χ4v) is 5.54. The summed E-state index contributed by atoms with van der Waals surface area (Å²) in [6.07, 6.45) is 8.63. The van der Waals surface area contributed by atoms with Crippen molar-refractivity contribution in [1.82, 2.24) is 4.90 Å². The molecule has 1 fully saturated rings. The molecule has 2 aromatic carbocycles. The molecular weight excluding hydrogens is 462 g/mol. The molecule has 6 heteroatoms.